The number of aliphatic hydroxyl groups excluding tert-OH is 1. The molecule has 0 amide bonds. The summed E-state index contributed by atoms with van der Waals surface area (Å²) in [6.45, 7) is 2.47. The molecule has 15 heavy (non-hydrogen) atoms. The van der Waals surface area contributed by atoms with E-state index < -0.39 is 15.3 Å². The lowest BCUT2D eigenvalue weighted by atomic mass is 10.5. The number of hydrogen-bond donors (Lipinski definition) is 2. The molecule has 0 radical (unpaired) electrons. The summed E-state index contributed by atoms with van der Waals surface area (Å²) >= 11 is 0. The van der Waals surface area contributed by atoms with Gasteiger partial charge in [-0.2, -0.15) is 0 Å². The minimum atomic E-state index is -3.41. The van der Waals surface area contributed by atoms with E-state index in [0.29, 0.717) is 19.8 Å². The van der Waals surface area contributed by atoms with Crippen molar-refractivity contribution in [2.75, 3.05) is 40.1 Å². The fraction of sp³-hybridized carbons (Fsp3) is 1.00. The van der Waals surface area contributed by atoms with Crippen molar-refractivity contribution in [2.45, 2.75) is 12.2 Å². The first-order valence-electron chi connectivity index (χ1n) is 4.70. The molecular weight excluding hydrogens is 222 g/mol. The molecule has 0 bridgehead atoms. The van der Waals surface area contributed by atoms with Crippen LogP contribution in [-0.2, 0) is 19.5 Å². The molecule has 0 aromatic rings. The Hall–Kier alpha value is -0.210. The molecule has 0 aromatic carbocycles. The van der Waals surface area contributed by atoms with E-state index in [0.717, 1.165) is 0 Å². The number of aliphatic hydroxyl groups is 1. The molecule has 1 unspecified atom stereocenters. The molecule has 0 heterocycles. The number of methoxy groups -OCH3 is 1. The third-order valence-corrected chi connectivity index (χ3v) is 3.58. The fourth-order valence-corrected chi connectivity index (χ4v) is 1.59. The molecule has 0 fully saturated rings. The van der Waals surface area contributed by atoms with Gasteiger partial charge in [0.05, 0.1) is 31.7 Å². The van der Waals surface area contributed by atoms with Crippen LogP contribution in [0.25, 0.3) is 0 Å². The molecule has 0 rings (SSSR count). The van der Waals surface area contributed by atoms with Crippen LogP contribution in [0.1, 0.15) is 6.92 Å². The second-order valence-corrected chi connectivity index (χ2v) is 5.22. The zero-order valence-corrected chi connectivity index (χ0v) is 9.92. The third kappa shape index (κ3) is 6.80. The van der Waals surface area contributed by atoms with Gasteiger partial charge in [0, 0.05) is 13.7 Å². The van der Waals surface area contributed by atoms with Crippen molar-refractivity contribution in [1.29, 1.82) is 0 Å². The summed E-state index contributed by atoms with van der Waals surface area (Å²) in [5.41, 5.74) is 0. The maximum absolute atomic E-state index is 11.3. The molecule has 2 N–H and O–H groups in total. The van der Waals surface area contributed by atoms with Crippen molar-refractivity contribution in [2.24, 2.45) is 0 Å². The molecule has 0 saturated carbocycles. The highest BCUT2D eigenvalue weighted by Crippen LogP contribution is 1.95. The van der Waals surface area contributed by atoms with Gasteiger partial charge in [-0.1, -0.05) is 0 Å². The Kier molecular flexibility index (Phi) is 7.89. The van der Waals surface area contributed by atoms with Crippen molar-refractivity contribution in [3.8, 4) is 0 Å². The van der Waals surface area contributed by atoms with E-state index in [4.69, 9.17) is 14.6 Å². The predicted octanol–water partition coefficient (Wildman–Crippen LogP) is -1.05. The topological polar surface area (TPSA) is 84.9 Å². The first kappa shape index (κ1) is 14.8. The Balaban J connectivity index is 3.58. The molecule has 0 aliphatic carbocycles. The average Bonchev–Trinajstić information content (AvgIpc) is 2.22. The lowest BCUT2D eigenvalue weighted by Gasteiger charge is -2.11. The molecule has 0 aliphatic rings. The van der Waals surface area contributed by atoms with Gasteiger partial charge < -0.3 is 14.6 Å². The Bertz CT molecular complexity index is 241. The quantitative estimate of drug-likeness (QED) is 0.503. The van der Waals surface area contributed by atoms with Crippen LogP contribution in [0.5, 0.6) is 0 Å². The minimum absolute atomic E-state index is 0.205. The van der Waals surface area contributed by atoms with Crippen molar-refractivity contribution in [3.05, 3.63) is 0 Å². The van der Waals surface area contributed by atoms with Crippen LogP contribution in [0.4, 0.5) is 0 Å². The van der Waals surface area contributed by atoms with E-state index in [1.807, 2.05) is 0 Å². The normalized spacial score (nSPS) is 14.1. The van der Waals surface area contributed by atoms with Crippen molar-refractivity contribution < 1.29 is 23.0 Å². The van der Waals surface area contributed by atoms with Crippen LogP contribution in [0, 0.1) is 0 Å². The van der Waals surface area contributed by atoms with Gasteiger partial charge in [-0.25, -0.2) is 13.1 Å². The van der Waals surface area contributed by atoms with E-state index in [1.54, 1.807) is 7.11 Å². The Morgan fingerprint density at radius 3 is 2.53 bits per heavy atom. The van der Waals surface area contributed by atoms with Gasteiger partial charge >= 0.3 is 0 Å². The van der Waals surface area contributed by atoms with E-state index >= 15 is 0 Å². The zero-order chi connectivity index (χ0) is 11.7. The fourth-order valence-electron chi connectivity index (χ4n) is 0.741. The molecule has 92 valence electrons. The largest absolute Gasteiger partial charge is 0.395 e. The highest BCUT2D eigenvalue weighted by atomic mass is 32.2. The maximum Gasteiger partial charge on any atom is 0.216 e. The first-order chi connectivity index (χ1) is 7.04. The van der Waals surface area contributed by atoms with Gasteiger partial charge in [0.25, 0.3) is 0 Å². The second kappa shape index (κ2) is 8.00. The lowest BCUT2D eigenvalue weighted by Crippen LogP contribution is -2.36. The summed E-state index contributed by atoms with van der Waals surface area (Å²) in [5, 5.41) is 7.88. The summed E-state index contributed by atoms with van der Waals surface area (Å²) in [5.74, 6) is 0. The van der Waals surface area contributed by atoms with Gasteiger partial charge in [0.2, 0.25) is 10.0 Å². The molecular formula is C8H19NO5S. The minimum Gasteiger partial charge on any atom is -0.395 e. The Labute approximate surface area is 90.6 Å². The number of nitrogens with one attached hydrogen (secondary N) is 1. The number of rotatable bonds is 9. The predicted molar refractivity (Wildman–Crippen MR) is 56.2 cm³/mol. The monoisotopic (exact) mass is 241 g/mol. The second-order valence-electron chi connectivity index (χ2n) is 3.04. The van der Waals surface area contributed by atoms with Crippen LogP contribution < -0.4 is 4.72 Å². The smallest absolute Gasteiger partial charge is 0.216 e. The molecule has 6 nitrogen and oxygen atoms in total. The zero-order valence-electron chi connectivity index (χ0n) is 9.10. The van der Waals surface area contributed by atoms with Gasteiger partial charge in [0.15, 0.2) is 0 Å². The van der Waals surface area contributed by atoms with Crippen LogP contribution in [0.3, 0.4) is 0 Å². The SMILES string of the molecule is COCCOCCNS(=O)(=O)C(C)CO. The Morgan fingerprint density at radius 2 is 2.00 bits per heavy atom. The van der Waals surface area contributed by atoms with Gasteiger partial charge in [-0.3, -0.25) is 0 Å². The van der Waals surface area contributed by atoms with Crippen LogP contribution >= 0.6 is 0 Å². The van der Waals surface area contributed by atoms with E-state index in [9.17, 15) is 8.42 Å². The molecule has 0 aliphatic heterocycles. The van der Waals surface area contributed by atoms with Gasteiger partial charge in [-0.15, -0.1) is 0 Å². The first-order valence-corrected chi connectivity index (χ1v) is 6.25. The van der Waals surface area contributed by atoms with Crippen molar-refractivity contribution >= 4 is 10.0 Å². The maximum atomic E-state index is 11.3. The molecule has 7 heteroatoms. The van der Waals surface area contributed by atoms with Gasteiger partial charge in [-0.05, 0) is 6.92 Å². The third-order valence-electron chi connectivity index (χ3n) is 1.77. The van der Waals surface area contributed by atoms with Gasteiger partial charge in [0.1, 0.15) is 0 Å². The lowest BCUT2D eigenvalue weighted by molar-refractivity contribution is 0.0736. The summed E-state index contributed by atoms with van der Waals surface area (Å²) in [7, 11) is -1.85. The van der Waals surface area contributed by atoms with E-state index in [1.165, 1.54) is 6.92 Å². The molecule has 0 aromatic heterocycles. The van der Waals surface area contributed by atoms with Crippen molar-refractivity contribution in [3.63, 3.8) is 0 Å². The standard InChI is InChI=1S/C8H19NO5S/c1-8(7-10)15(11,12)9-3-4-14-6-5-13-2/h8-10H,3-7H2,1-2H3. The molecule has 1 atom stereocenters. The summed E-state index contributed by atoms with van der Waals surface area (Å²) < 4.78 is 34.7. The molecule has 0 spiro atoms. The Morgan fingerprint density at radius 1 is 1.33 bits per heavy atom. The number of sulfonamides is 1. The highest BCUT2D eigenvalue weighted by molar-refractivity contribution is 7.90. The van der Waals surface area contributed by atoms with Crippen LogP contribution in [0.15, 0.2) is 0 Å². The summed E-state index contributed by atoms with van der Waals surface area (Å²) in [6.07, 6.45) is 0. The number of hydrogen-bond acceptors (Lipinski definition) is 5. The van der Waals surface area contributed by atoms with E-state index in [-0.39, 0.29) is 13.2 Å². The summed E-state index contributed by atoms with van der Waals surface area (Å²) in [4.78, 5) is 0. The average molecular weight is 241 g/mol. The van der Waals surface area contributed by atoms with Crippen LogP contribution in [-0.4, -0.2) is 58.9 Å². The molecule has 0 saturated heterocycles. The number of ether oxygens (including phenoxy) is 2. The summed E-state index contributed by atoms with van der Waals surface area (Å²) in [6, 6.07) is 0. The highest BCUT2D eigenvalue weighted by Gasteiger charge is 2.18. The van der Waals surface area contributed by atoms with Crippen LogP contribution in [0.2, 0.25) is 0 Å². The van der Waals surface area contributed by atoms with E-state index in [2.05, 4.69) is 4.72 Å². The van der Waals surface area contributed by atoms with Crippen molar-refractivity contribution in [1.82, 2.24) is 4.72 Å².